The van der Waals surface area contributed by atoms with Gasteiger partial charge in [-0.25, -0.2) is 4.79 Å². The van der Waals surface area contributed by atoms with Crippen molar-refractivity contribution in [3.05, 3.63) is 34.1 Å². The number of esters is 1. The molecule has 0 spiro atoms. The van der Waals surface area contributed by atoms with Crippen molar-refractivity contribution in [1.29, 1.82) is 0 Å². The normalized spacial score (nSPS) is 13.4. The highest BCUT2D eigenvalue weighted by atomic mass is 32.2. The van der Waals surface area contributed by atoms with Gasteiger partial charge in [-0.1, -0.05) is 11.8 Å². The molecule has 10 heteroatoms. The summed E-state index contributed by atoms with van der Waals surface area (Å²) in [7, 11) is 0. The molecule has 3 aromatic rings. The maximum Gasteiger partial charge on any atom is 0.341 e. The highest BCUT2D eigenvalue weighted by molar-refractivity contribution is 7.99. The van der Waals surface area contributed by atoms with Gasteiger partial charge in [-0.3, -0.25) is 9.36 Å². The first kappa shape index (κ1) is 24.5. The molecule has 0 saturated carbocycles. The van der Waals surface area contributed by atoms with Crippen LogP contribution in [-0.4, -0.2) is 38.5 Å². The number of furan rings is 1. The predicted octanol–water partition coefficient (Wildman–Crippen LogP) is 5.66. The van der Waals surface area contributed by atoms with Gasteiger partial charge in [0.05, 0.1) is 29.2 Å². The van der Waals surface area contributed by atoms with Gasteiger partial charge in [-0.2, -0.15) is 0 Å². The Morgan fingerprint density at radius 2 is 2.00 bits per heavy atom. The average molecular weight is 503 g/mol. The summed E-state index contributed by atoms with van der Waals surface area (Å²) >= 11 is 2.82. The molecule has 1 amide bonds. The summed E-state index contributed by atoms with van der Waals surface area (Å²) in [5.74, 6) is 1.08. The molecule has 1 aliphatic carbocycles. The van der Waals surface area contributed by atoms with E-state index in [1.807, 2.05) is 31.4 Å². The highest BCUT2D eigenvalue weighted by Crippen LogP contribution is 2.39. The molecule has 1 aliphatic rings. The average Bonchev–Trinajstić information content (AvgIpc) is 3.47. The van der Waals surface area contributed by atoms with Crippen LogP contribution < -0.4 is 5.32 Å². The molecule has 8 nitrogen and oxygen atoms in total. The van der Waals surface area contributed by atoms with Gasteiger partial charge >= 0.3 is 5.97 Å². The lowest BCUT2D eigenvalue weighted by Crippen LogP contribution is -2.19. The number of rotatable bonds is 8. The summed E-state index contributed by atoms with van der Waals surface area (Å²) in [6, 6.07) is 1.97. The van der Waals surface area contributed by atoms with Crippen LogP contribution in [0.25, 0.3) is 11.4 Å². The Balaban J connectivity index is 1.51. The van der Waals surface area contributed by atoms with Crippen LogP contribution >= 0.6 is 23.1 Å². The number of fused-ring (bicyclic) bond motifs is 1. The van der Waals surface area contributed by atoms with E-state index in [0.717, 1.165) is 42.6 Å². The van der Waals surface area contributed by atoms with Crippen molar-refractivity contribution in [2.75, 3.05) is 11.1 Å². The van der Waals surface area contributed by atoms with Crippen molar-refractivity contribution < 1.29 is 18.7 Å². The molecule has 3 aromatic heterocycles. The topological polar surface area (TPSA) is 99.2 Å². The number of thioether (sulfide) groups is 1. The van der Waals surface area contributed by atoms with Crippen molar-refractivity contribution in [1.82, 2.24) is 14.8 Å². The Kier molecular flexibility index (Phi) is 7.47. The zero-order valence-corrected chi connectivity index (χ0v) is 21.8. The molecule has 0 fully saturated rings. The van der Waals surface area contributed by atoms with E-state index in [0.29, 0.717) is 21.5 Å². The number of aryl methyl sites for hydroxylation is 2. The maximum absolute atomic E-state index is 12.9. The lowest BCUT2D eigenvalue weighted by molar-refractivity contribution is -0.113. The number of amides is 1. The zero-order valence-electron chi connectivity index (χ0n) is 20.1. The molecular formula is C24H30N4O4S2. The maximum atomic E-state index is 12.9. The van der Waals surface area contributed by atoms with E-state index in [-0.39, 0.29) is 29.8 Å². The van der Waals surface area contributed by atoms with E-state index in [9.17, 15) is 9.59 Å². The summed E-state index contributed by atoms with van der Waals surface area (Å²) in [5, 5.41) is 12.9. The minimum atomic E-state index is -0.364. The van der Waals surface area contributed by atoms with Crippen molar-refractivity contribution in [3.8, 4) is 11.4 Å². The number of aromatic nitrogens is 3. The first-order valence-electron chi connectivity index (χ1n) is 11.5. The van der Waals surface area contributed by atoms with E-state index in [2.05, 4.69) is 29.4 Å². The molecule has 0 unspecified atom stereocenters. The van der Waals surface area contributed by atoms with Crippen LogP contribution in [0, 0.1) is 6.92 Å². The van der Waals surface area contributed by atoms with E-state index >= 15 is 0 Å². The van der Waals surface area contributed by atoms with Crippen LogP contribution in [0.1, 0.15) is 73.1 Å². The van der Waals surface area contributed by atoms with Gasteiger partial charge in [0, 0.05) is 10.9 Å². The molecule has 1 N–H and O–H groups in total. The molecular weight excluding hydrogens is 472 g/mol. The van der Waals surface area contributed by atoms with Crippen LogP contribution in [0.4, 0.5) is 5.00 Å². The monoisotopic (exact) mass is 502 g/mol. The number of ether oxygens (including phenoxy) is 1. The number of nitrogens with one attached hydrogen (secondary N) is 1. The van der Waals surface area contributed by atoms with Gasteiger partial charge < -0.3 is 14.5 Å². The standard InChI is InChI=1S/C24H30N4O4S2/c1-13(2)28-21(16-10-11-31-15(16)5)26-27-24(28)33-12-19(29)25-22-20(23(30)32-14(3)4)17-8-6-7-9-18(17)34-22/h10-11,13-14H,6-9,12H2,1-5H3,(H,25,29). The quantitative estimate of drug-likeness (QED) is 0.313. The second-order valence-corrected chi connectivity index (χ2v) is 10.9. The van der Waals surface area contributed by atoms with E-state index in [4.69, 9.17) is 9.15 Å². The summed E-state index contributed by atoms with van der Waals surface area (Å²) in [6.07, 6.45) is 5.32. The summed E-state index contributed by atoms with van der Waals surface area (Å²) in [6.45, 7) is 9.65. The Hall–Kier alpha value is -2.59. The smallest absolute Gasteiger partial charge is 0.341 e. The summed E-state index contributed by atoms with van der Waals surface area (Å²) < 4.78 is 12.9. The van der Waals surface area contributed by atoms with Crippen molar-refractivity contribution in [3.63, 3.8) is 0 Å². The van der Waals surface area contributed by atoms with Gasteiger partial charge in [0.25, 0.3) is 0 Å². The fraction of sp³-hybridized carbons (Fsp3) is 0.500. The molecule has 0 atom stereocenters. The predicted molar refractivity (Wildman–Crippen MR) is 134 cm³/mol. The van der Waals surface area contributed by atoms with Crippen LogP contribution in [0.2, 0.25) is 0 Å². The first-order chi connectivity index (χ1) is 16.3. The van der Waals surface area contributed by atoms with Crippen molar-refractivity contribution in [2.24, 2.45) is 0 Å². The van der Waals surface area contributed by atoms with Crippen molar-refractivity contribution >= 4 is 40.0 Å². The van der Waals surface area contributed by atoms with Crippen LogP contribution in [0.15, 0.2) is 21.9 Å². The van der Waals surface area contributed by atoms with Crippen LogP contribution in [0.5, 0.6) is 0 Å². The van der Waals surface area contributed by atoms with Gasteiger partial charge in [0.1, 0.15) is 10.8 Å². The second-order valence-electron chi connectivity index (χ2n) is 8.87. The molecule has 0 aromatic carbocycles. The van der Waals surface area contributed by atoms with E-state index in [1.165, 1.54) is 28.0 Å². The second kappa shape index (κ2) is 10.4. The largest absolute Gasteiger partial charge is 0.469 e. The van der Waals surface area contributed by atoms with Gasteiger partial charge in [0.2, 0.25) is 5.91 Å². The number of carbonyl (C=O) groups is 2. The molecule has 34 heavy (non-hydrogen) atoms. The fourth-order valence-corrected chi connectivity index (χ4v) is 6.24. The molecule has 182 valence electrons. The van der Waals surface area contributed by atoms with Gasteiger partial charge in [-0.15, -0.1) is 21.5 Å². The van der Waals surface area contributed by atoms with E-state index in [1.54, 1.807) is 6.26 Å². The molecule has 0 saturated heterocycles. The number of thiophene rings is 1. The van der Waals surface area contributed by atoms with Crippen LogP contribution in [-0.2, 0) is 22.4 Å². The van der Waals surface area contributed by atoms with Gasteiger partial charge in [-0.05, 0) is 71.9 Å². The third-order valence-electron chi connectivity index (χ3n) is 5.58. The molecule has 3 heterocycles. The number of hydrogen-bond acceptors (Lipinski definition) is 8. The van der Waals surface area contributed by atoms with E-state index < -0.39 is 0 Å². The number of carbonyl (C=O) groups excluding carboxylic acids is 2. The lowest BCUT2D eigenvalue weighted by Gasteiger charge is -2.14. The third-order valence-corrected chi connectivity index (χ3v) is 7.73. The number of hydrogen-bond donors (Lipinski definition) is 1. The number of anilines is 1. The minimum Gasteiger partial charge on any atom is -0.469 e. The van der Waals surface area contributed by atoms with Gasteiger partial charge in [0.15, 0.2) is 11.0 Å². The molecule has 0 radical (unpaired) electrons. The Labute approximate surface area is 207 Å². The fourth-order valence-electron chi connectivity index (χ4n) is 4.08. The lowest BCUT2D eigenvalue weighted by atomic mass is 9.95. The zero-order chi connectivity index (χ0) is 24.4. The minimum absolute atomic E-state index is 0.103. The third kappa shape index (κ3) is 5.07. The SMILES string of the molecule is Cc1occc1-c1nnc(SCC(=O)Nc2sc3c(c2C(=O)OC(C)C)CCCC3)n1C(C)C. The summed E-state index contributed by atoms with van der Waals surface area (Å²) in [4.78, 5) is 26.9. The molecule has 0 bridgehead atoms. The Morgan fingerprint density at radius 3 is 2.68 bits per heavy atom. The summed E-state index contributed by atoms with van der Waals surface area (Å²) in [5.41, 5.74) is 2.44. The van der Waals surface area contributed by atoms with Crippen molar-refractivity contribution in [2.45, 2.75) is 77.6 Å². The van der Waals surface area contributed by atoms with Crippen LogP contribution in [0.3, 0.4) is 0 Å². The number of nitrogens with zero attached hydrogens (tertiary/aromatic N) is 3. The highest BCUT2D eigenvalue weighted by Gasteiger charge is 2.28. The molecule has 0 aliphatic heterocycles. The Bertz CT molecular complexity index is 1190. The Morgan fingerprint density at radius 1 is 1.24 bits per heavy atom. The first-order valence-corrected chi connectivity index (χ1v) is 13.3. The molecule has 4 rings (SSSR count).